The highest BCUT2D eigenvalue weighted by Gasteiger charge is 2.37. The number of hydrogen-bond donors (Lipinski definition) is 0. The Hall–Kier alpha value is -2.27. The molecule has 0 unspecified atom stereocenters. The highest BCUT2D eigenvalue weighted by atomic mass is 35.5. The highest BCUT2D eigenvalue weighted by molar-refractivity contribution is 6.31. The van der Waals surface area contributed by atoms with Gasteiger partial charge in [0.2, 0.25) is 5.91 Å². The second kappa shape index (κ2) is 10.4. The van der Waals surface area contributed by atoms with E-state index < -0.39 is 11.9 Å². The van der Waals surface area contributed by atoms with Gasteiger partial charge in [0.05, 0.1) is 20.3 Å². The molecule has 0 N–H and O–H groups in total. The van der Waals surface area contributed by atoms with Crippen molar-refractivity contribution in [2.75, 3.05) is 20.8 Å². The lowest BCUT2D eigenvalue weighted by Crippen LogP contribution is -2.44. The molecule has 168 valence electrons. The number of carbonyl (C=O) groups excluding carboxylic acids is 1. The first-order valence-electron chi connectivity index (χ1n) is 11.0. The fraction of sp³-hybridized carbons (Fsp3) is 0.480. The Bertz CT molecular complexity index is 913. The molecule has 2 aromatic carbocycles. The van der Waals surface area contributed by atoms with Crippen molar-refractivity contribution < 1.29 is 18.7 Å². The van der Waals surface area contributed by atoms with Gasteiger partial charge in [0.25, 0.3) is 0 Å². The third-order valence-corrected chi connectivity index (χ3v) is 6.51. The quantitative estimate of drug-likeness (QED) is 0.484. The SMILES string of the molecule is CCCC[C@H](CC)C(=O)N1CCc2cc(OC)c(OC)cc2[C@H]1c1c(F)cccc1Cl. The molecule has 3 rings (SSSR count). The predicted molar refractivity (Wildman–Crippen MR) is 122 cm³/mol. The van der Waals surface area contributed by atoms with Gasteiger partial charge in [-0.25, -0.2) is 4.39 Å². The summed E-state index contributed by atoms with van der Waals surface area (Å²) in [6.45, 7) is 4.66. The zero-order chi connectivity index (χ0) is 22.5. The van der Waals surface area contributed by atoms with Crippen molar-refractivity contribution in [2.24, 2.45) is 5.92 Å². The molecule has 0 saturated carbocycles. The zero-order valence-electron chi connectivity index (χ0n) is 18.7. The van der Waals surface area contributed by atoms with Crippen LogP contribution in [0.15, 0.2) is 30.3 Å². The Kier molecular flexibility index (Phi) is 7.82. The Balaban J connectivity index is 2.16. The zero-order valence-corrected chi connectivity index (χ0v) is 19.5. The molecule has 0 radical (unpaired) electrons. The molecule has 2 aromatic rings. The van der Waals surface area contributed by atoms with Gasteiger partial charge in [0, 0.05) is 23.0 Å². The van der Waals surface area contributed by atoms with Gasteiger partial charge < -0.3 is 14.4 Å². The van der Waals surface area contributed by atoms with Crippen LogP contribution >= 0.6 is 11.6 Å². The minimum atomic E-state index is -0.611. The summed E-state index contributed by atoms with van der Waals surface area (Å²) in [5.74, 6) is 0.717. The van der Waals surface area contributed by atoms with E-state index in [1.165, 1.54) is 6.07 Å². The summed E-state index contributed by atoms with van der Waals surface area (Å²) in [7, 11) is 3.16. The van der Waals surface area contributed by atoms with Crippen molar-refractivity contribution in [3.63, 3.8) is 0 Å². The Labute approximate surface area is 189 Å². The van der Waals surface area contributed by atoms with Crippen LogP contribution in [0.25, 0.3) is 0 Å². The number of ether oxygens (including phenoxy) is 2. The summed E-state index contributed by atoms with van der Waals surface area (Å²) in [6, 6.07) is 7.82. The largest absolute Gasteiger partial charge is 0.493 e. The molecule has 31 heavy (non-hydrogen) atoms. The van der Waals surface area contributed by atoms with Crippen molar-refractivity contribution in [3.05, 3.63) is 57.9 Å². The van der Waals surface area contributed by atoms with Gasteiger partial charge in [-0.3, -0.25) is 4.79 Å². The minimum absolute atomic E-state index is 0.0562. The van der Waals surface area contributed by atoms with E-state index in [-0.39, 0.29) is 11.8 Å². The van der Waals surface area contributed by atoms with Crippen molar-refractivity contribution in [3.8, 4) is 11.5 Å². The molecule has 1 heterocycles. The van der Waals surface area contributed by atoms with Gasteiger partial charge in [-0.15, -0.1) is 0 Å². The number of carbonyl (C=O) groups is 1. The van der Waals surface area contributed by atoms with Gasteiger partial charge in [-0.1, -0.05) is 44.4 Å². The normalized spacial score (nSPS) is 16.6. The average Bonchev–Trinajstić information content (AvgIpc) is 2.78. The summed E-state index contributed by atoms with van der Waals surface area (Å²) < 4.78 is 26.1. The van der Waals surface area contributed by atoms with Crippen LogP contribution in [0.2, 0.25) is 5.02 Å². The van der Waals surface area contributed by atoms with Crippen molar-refractivity contribution in [2.45, 2.75) is 52.0 Å². The van der Waals surface area contributed by atoms with E-state index in [4.69, 9.17) is 21.1 Å². The molecule has 0 fully saturated rings. The van der Waals surface area contributed by atoms with E-state index in [2.05, 4.69) is 6.92 Å². The van der Waals surface area contributed by atoms with Crippen LogP contribution in [0, 0.1) is 11.7 Å². The number of rotatable bonds is 8. The summed E-state index contributed by atoms with van der Waals surface area (Å²) in [4.78, 5) is 15.4. The van der Waals surface area contributed by atoms with Crippen molar-refractivity contribution in [1.29, 1.82) is 0 Å². The monoisotopic (exact) mass is 447 g/mol. The predicted octanol–water partition coefficient (Wildman–Crippen LogP) is 6.19. The molecule has 0 saturated heterocycles. The van der Waals surface area contributed by atoms with Crippen LogP contribution in [0.4, 0.5) is 4.39 Å². The summed E-state index contributed by atoms with van der Waals surface area (Å²) in [6.07, 6.45) is 4.27. The number of fused-ring (bicyclic) bond motifs is 1. The van der Waals surface area contributed by atoms with Crippen LogP contribution < -0.4 is 9.47 Å². The van der Waals surface area contributed by atoms with Gasteiger partial charge in [-0.2, -0.15) is 0 Å². The summed E-state index contributed by atoms with van der Waals surface area (Å²) in [5, 5.41) is 0.312. The molecule has 6 heteroatoms. The van der Waals surface area contributed by atoms with Crippen molar-refractivity contribution >= 4 is 17.5 Å². The molecule has 1 aliphatic heterocycles. The molecule has 0 bridgehead atoms. The van der Waals surface area contributed by atoms with E-state index in [1.807, 2.05) is 24.0 Å². The summed E-state index contributed by atoms with van der Waals surface area (Å²) >= 11 is 6.49. The number of methoxy groups -OCH3 is 2. The van der Waals surface area contributed by atoms with Crippen LogP contribution in [0.3, 0.4) is 0 Å². The molecular formula is C25H31ClFNO3. The molecule has 0 spiro atoms. The second-order valence-corrected chi connectivity index (χ2v) is 8.38. The lowest BCUT2D eigenvalue weighted by atomic mass is 9.85. The van der Waals surface area contributed by atoms with E-state index in [0.29, 0.717) is 35.1 Å². The molecule has 0 aliphatic carbocycles. The molecule has 2 atom stereocenters. The smallest absolute Gasteiger partial charge is 0.226 e. The number of benzene rings is 2. The minimum Gasteiger partial charge on any atom is -0.493 e. The number of amides is 1. The lowest BCUT2D eigenvalue weighted by Gasteiger charge is -2.40. The molecule has 4 nitrogen and oxygen atoms in total. The van der Waals surface area contributed by atoms with E-state index >= 15 is 4.39 Å². The number of halogens is 2. The number of unbranched alkanes of at least 4 members (excludes halogenated alkanes) is 1. The van der Waals surface area contributed by atoms with Crippen LogP contribution in [-0.2, 0) is 11.2 Å². The van der Waals surface area contributed by atoms with Gasteiger partial charge >= 0.3 is 0 Å². The van der Waals surface area contributed by atoms with E-state index in [1.54, 1.807) is 26.4 Å². The topological polar surface area (TPSA) is 38.8 Å². The number of hydrogen-bond acceptors (Lipinski definition) is 3. The maximum absolute atomic E-state index is 15.1. The Morgan fingerprint density at radius 3 is 2.55 bits per heavy atom. The molecule has 0 aromatic heterocycles. The maximum Gasteiger partial charge on any atom is 0.226 e. The van der Waals surface area contributed by atoms with E-state index in [9.17, 15) is 4.79 Å². The van der Waals surface area contributed by atoms with Crippen LogP contribution in [-0.4, -0.2) is 31.6 Å². The molecular weight excluding hydrogens is 417 g/mol. The molecule has 1 aliphatic rings. The first-order valence-corrected chi connectivity index (χ1v) is 11.3. The number of nitrogens with zero attached hydrogens (tertiary/aromatic N) is 1. The average molecular weight is 448 g/mol. The Morgan fingerprint density at radius 2 is 1.94 bits per heavy atom. The lowest BCUT2D eigenvalue weighted by molar-refractivity contribution is -0.138. The third-order valence-electron chi connectivity index (χ3n) is 6.18. The first-order chi connectivity index (χ1) is 15.0. The van der Waals surface area contributed by atoms with Crippen LogP contribution in [0.1, 0.15) is 62.3 Å². The molecule has 1 amide bonds. The van der Waals surface area contributed by atoms with Gasteiger partial charge in [0.15, 0.2) is 11.5 Å². The second-order valence-electron chi connectivity index (χ2n) is 7.97. The first kappa shape index (κ1) is 23.4. The summed E-state index contributed by atoms with van der Waals surface area (Å²) in [5.41, 5.74) is 2.17. The fourth-order valence-electron chi connectivity index (χ4n) is 4.45. The van der Waals surface area contributed by atoms with Gasteiger partial charge in [0.1, 0.15) is 5.82 Å². The van der Waals surface area contributed by atoms with Crippen LogP contribution in [0.5, 0.6) is 11.5 Å². The Morgan fingerprint density at radius 1 is 1.23 bits per heavy atom. The maximum atomic E-state index is 15.1. The van der Waals surface area contributed by atoms with Crippen molar-refractivity contribution in [1.82, 2.24) is 4.90 Å². The van der Waals surface area contributed by atoms with E-state index in [0.717, 1.165) is 36.8 Å². The standard InChI is InChI=1S/C25H31ClFNO3/c1-5-7-9-16(6-2)25(29)28-13-12-17-14-21(30-3)22(31-4)15-18(17)24(28)23-19(26)10-8-11-20(23)27/h8,10-11,14-16,24H,5-7,9,12-13H2,1-4H3/t16-,24-/m0/s1. The third kappa shape index (κ3) is 4.67. The fourth-order valence-corrected chi connectivity index (χ4v) is 4.72. The highest BCUT2D eigenvalue weighted by Crippen LogP contribution is 2.44. The van der Waals surface area contributed by atoms with Gasteiger partial charge in [-0.05, 0) is 54.7 Å².